The Morgan fingerprint density at radius 1 is 1.33 bits per heavy atom. The van der Waals surface area contributed by atoms with Crippen LogP contribution in [-0.2, 0) is 0 Å². The molecule has 2 heterocycles. The largest absolute Gasteiger partial charge is 0.348 e. The van der Waals surface area contributed by atoms with Crippen molar-refractivity contribution in [1.82, 2.24) is 10.6 Å². The van der Waals surface area contributed by atoms with E-state index in [1.54, 1.807) is 0 Å². The van der Waals surface area contributed by atoms with Crippen LogP contribution in [0.25, 0.3) is 0 Å². The lowest BCUT2D eigenvalue weighted by Crippen LogP contribution is -2.59. The minimum atomic E-state index is 0.0295. The molecule has 4 rings (SSSR count). The quantitative estimate of drug-likeness (QED) is 0.880. The highest BCUT2D eigenvalue weighted by Gasteiger charge is 2.36. The van der Waals surface area contributed by atoms with E-state index in [2.05, 4.69) is 26.6 Å². The van der Waals surface area contributed by atoms with E-state index in [1.807, 2.05) is 24.3 Å². The Morgan fingerprint density at radius 3 is 2.78 bits per heavy atom. The number of halogens is 1. The number of fused-ring (bicyclic) bond motifs is 3. The van der Waals surface area contributed by atoms with Crippen molar-refractivity contribution < 1.29 is 4.79 Å². The molecule has 3 fully saturated rings. The molecule has 18 heavy (non-hydrogen) atoms. The third-order valence-corrected chi connectivity index (χ3v) is 4.75. The lowest BCUT2D eigenvalue weighted by Gasteiger charge is -2.43. The maximum atomic E-state index is 12.2. The third kappa shape index (κ3) is 2.31. The molecule has 2 aliphatic heterocycles. The second-order valence-electron chi connectivity index (χ2n) is 5.25. The molecule has 96 valence electrons. The van der Waals surface area contributed by atoms with Crippen LogP contribution in [0.3, 0.4) is 0 Å². The predicted octanol–water partition coefficient (Wildman–Crippen LogP) is 2.32. The summed E-state index contributed by atoms with van der Waals surface area (Å²) >= 11 is 3.43. The number of amides is 1. The van der Waals surface area contributed by atoms with Gasteiger partial charge in [0.1, 0.15) is 0 Å². The van der Waals surface area contributed by atoms with Crippen LogP contribution >= 0.6 is 15.9 Å². The zero-order chi connectivity index (χ0) is 12.5. The Kier molecular flexibility index (Phi) is 3.39. The van der Waals surface area contributed by atoms with E-state index >= 15 is 0 Å². The van der Waals surface area contributed by atoms with Crippen molar-refractivity contribution in [2.45, 2.75) is 31.3 Å². The Hall–Kier alpha value is -0.870. The first-order chi connectivity index (χ1) is 8.74. The van der Waals surface area contributed by atoms with Crippen LogP contribution in [0.1, 0.15) is 29.6 Å². The Morgan fingerprint density at radius 2 is 2.17 bits per heavy atom. The lowest BCUT2D eigenvalue weighted by atomic mass is 9.78. The normalized spacial score (nSPS) is 30.2. The van der Waals surface area contributed by atoms with Gasteiger partial charge in [0.25, 0.3) is 5.91 Å². The summed E-state index contributed by atoms with van der Waals surface area (Å²) in [6, 6.07) is 8.32. The molecular weight excluding hydrogens is 292 g/mol. The molecule has 1 aromatic rings. The summed E-state index contributed by atoms with van der Waals surface area (Å²) in [5.41, 5.74) is 0.721. The van der Waals surface area contributed by atoms with Gasteiger partial charge in [-0.3, -0.25) is 4.79 Å². The summed E-state index contributed by atoms with van der Waals surface area (Å²) in [5, 5.41) is 6.69. The maximum Gasteiger partial charge on any atom is 0.252 e. The van der Waals surface area contributed by atoms with Crippen LogP contribution < -0.4 is 10.6 Å². The van der Waals surface area contributed by atoms with Gasteiger partial charge in [0.15, 0.2) is 0 Å². The van der Waals surface area contributed by atoms with Gasteiger partial charge in [-0.15, -0.1) is 0 Å². The van der Waals surface area contributed by atoms with Gasteiger partial charge in [0.05, 0.1) is 5.56 Å². The molecule has 2 saturated heterocycles. The van der Waals surface area contributed by atoms with Crippen molar-refractivity contribution in [2.75, 3.05) is 6.54 Å². The minimum absolute atomic E-state index is 0.0295. The number of hydrogen-bond donors (Lipinski definition) is 2. The molecule has 0 spiro atoms. The second kappa shape index (κ2) is 5.02. The van der Waals surface area contributed by atoms with Crippen molar-refractivity contribution in [3.8, 4) is 0 Å². The van der Waals surface area contributed by atoms with E-state index in [9.17, 15) is 4.79 Å². The van der Waals surface area contributed by atoms with E-state index in [-0.39, 0.29) is 11.9 Å². The van der Waals surface area contributed by atoms with E-state index < -0.39 is 0 Å². The SMILES string of the molecule is O=C(NC1CC2CCC1NC2)c1ccccc1Br. The fraction of sp³-hybridized carbons (Fsp3) is 0.500. The van der Waals surface area contributed by atoms with Gasteiger partial charge in [-0.05, 0) is 59.8 Å². The zero-order valence-corrected chi connectivity index (χ0v) is 11.7. The first-order valence-electron chi connectivity index (χ1n) is 6.53. The Balaban J connectivity index is 1.70. The highest BCUT2D eigenvalue weighted by atomic mass is 79.9. The highest BCUT2D eigenvalue weighted by molar-refractivity contribution is 9.10. The minimum Gasteiger partial charge on any atom is -0.348 e. The van der Waals surface area contributed by atoms with Crippen molar-refractivity contribution in [3.63, 3.8) is 0 Å². The number of carbonyl (C=O) groups is 1. The summed E-state index contributed by atoms with van der Waals surface area (Å²) in [5.74, 6) is 0.765. The number of benzene rings is 1. The van der Waals surface area contributed by atoms with Gasteiger partial charge in [0.2, 0.25) is 0 Å². The molecule has 1 saturated carbocycles. The van der Waals surface area contributed by atoms with Gasteiger partial charge < -0.3 is 10.6 Å². The van der Waals surface area contributed by atoms with E-state index in [0.717, 1.165) is 28.9 Å². The van der Waals surface area contributed by atoms with Crippen LogP contribution in [0, 0.1) is 5.92 Å². The molecule has 3 unspecified atom stereocenters. The molecule has 3 nitrogen and oxygen atoms in total. The number of hydrogen-bond acceptors (Lipinski definition) is 2. The molecular formula is C14H17BrN2O. The van der Waals surface area contributed by atoms with Crippen molar-refractivity contribution >= 4 is 21.8 Å². The molecule has 0 aromatic heterocycles. The molecule has 1 aromatic carbocycles. The summed E-state index contributed by atoms with van der Waals surface area (Å²) in [4.78, 5) is 12.2. The van der Waals surface area contributed by atoms with E-state index in [0.29, 0.717) is 6.04 Å². The van der Waals surface area contributed by atoms with E-state index in [1.165, 1.54) is 12.8 Å². The van der Waals surface area contributed by atoms with Gasteiger partial charge in [0, 0.05) is 16.6 Å². The standard InChI is InChI=1S/C14H17BrN2O/c15-11-4-2-1-3-10(11)14(18)17-13-7-9-5-6-12(13)16-8-9/h1-4,9,12-13,16H,5-8H2,(H,17,18). The van der Waals surface area contributed by atoms with Crippen LogP contribution in [0.4, 0.5) is 0 Å². The summed E-state index contributed by atoms with van der Waals surface area (Å²) in [6.07, 6.45) is 3.61. The molecule has 1 aliphatic carbocycles. The molecule has 3 atom stereocenters. The van der Waals surface area contributed by atoms with Gasteiger partial charge in [-0.25, -0.2) is 0 Å². The average Bonchev–Trinajstić information content (AvgIpc) is 2.40. The maximum absolute atomic E-state index is 12.2. The number of rotatable bonds is 2. The van der Waals surface area contributed by atoms with Crippen LogP contribution in [0.5, 0.6) is 0 Å². The summed E-state index contributed by atoms with van der Waals surface area (Å²) in [6.45, 7) is 1.12. The zero-order valence-electron chi connectivity index (χ0n) is 10.2. The Bertz CT molecular complexity index is 455. The molecule has 4 heteroatoms. The Labute approximate surface area is 115 Å². The number of piperidine rings is 2. The lowest BCUT2D eigenvalue weighted by molar-refractivity contribution is 0.0867. The van der Waals surface area contributed by atoms with Gasteiger partial charge in [-0.1, -0.05) is 12.1 Å². The molecule has 1 amide bonds. The first-order valence-corrected chi connectivity index (χ1v) is 7.32. The summed E-state index contributed by atoms with van der Waals surface area (Å²) in [7, 11) is 0. The van der Waals surface area contributed by atoms with Crippen molar-refractivity contribution in [2.24, 2.45) is 5.92 Å². The van der Waals surface area contributed by atoms with Crippen LogP contribution in [0.15, 0.2) is 28.7 Å². The van der Waals surface area contributed by atoms with Gasteiger partial charge in [-0.2, -0.15) is 0 Å². The topological polar surface area (TPSA) is 41.1 Å². The van der Waals surface area contributed by atoms with Crippen LogP contribution in [0.2, 0.25) is 0 Å². The van der Waals surface area contributed by atoms with Crippen LogP contribution in [-0.4, -0.2) is 24.5 Å². The fourth-order valence-corrected chi connectivity index (χ4v) is 3.52. The monoisotopic (exact) mass is 308 g/mol. The molecule has 3 aliphatic rings. The van der Waals surface area contributed by atoms with Crippen molar-refractivity contribution in [1.29, 1.82) is 0 Å². The third-order valence-electron chi connectivity index (χ3n) is 4.06. The first kappa shape index (κ1) is 12.2. The highest BCUT2D eigenvalue weighted by Crippen LogP contribution is 2.29. The number of carbonyl (C=O) groups excluding carboxylic acids is 1. The predicted molar refractivity (Wildman–Crippen MR) is 74.5 cm³/mol. The average molecular weight is 309 g/mol. The van der Waals surface area contributed by atoms with Crippen molar-refractivity contribution in [3.05, 3.63) is 34.3 Å². The molecule has 2 N–H and O–H groups in total. The smallest absolute Gasteiger partial charge is 0.252 e. The second-order valence-corrected chi connectivity index (χ2v) is 6.11. The fourth-order valence-electron chi connectivity index (χ4n) is 3.06. The molecule has 0 radical (unpaired) electrons. The van der Waals surface area contributed by atoms with Gasteiger partial charge >= 0.3 is 0 Å². The molecule has 2 bridgehead atoms. The summed E-state index contributed by atoms with van der Waals surface area (Å²) < 4.78 is 0.858. The van der Waals surface area contributed by atoms with E-state index in [4.69, 9.17) is 0 Å². The number of nitrogens with one attached hydrogen (secondary N) is 2.